The Labute approximate surface area is 130 Å². The van der Waals surface area contributed by atoms with Crippen LogP contribution in [0.5, 0.6) is 0 Å². The topological polar surface area (TPSA) is 76.1 Å². The number of nitrogens with one attached hydrogen (secondary N) is 1. The maximum Gasteiger partial charge on any atom is 0.267 e. The summed E-state index contributed by atoms with van der Waals surface area (Å²) in [4.78, 5) is 15.0. The molecule has 0 saturated carbocycles. The summed E-state index contributed by atoms with van der Waals surface area (Å²) in [6, 6.07) is 2.57. The van der Waals surface area contributed by atoms with E-state index in [-0.39, 0.29) is 16.7 Å². The van der Waals surface area contributed by atoms with E-state index in [1.165, 1.54) is 13.0 Å². The smallest absolute Gasteiger partial charge is 0.267 e. The highest BCUT2D eigenvalue weighted by atomic mass is 32.2. The van der Waals surface area contributed by atoms with Crippen LogP contribution < -0.4 is 4.72 Å². The molecule has 0 spiro atoms. The van der Waals surface area contributed by atoms with Gasteiger partial charge in [0.1, 0.15) is 11.6 Å². The number of carbonyl (C=O) groups excluding carboxylic acids is 1. The van der Waals surface area contributed by atoms with Gasteiger partial charge in [0.05, 0.1) is 11.8 Å². The van der Waals surface area contributed by atoms with E-state index in [2.05, 4.69) is 4.98 Å². The van der Waals surface area contributed by atoms with E-state index >= 15 is 0 Å². The van der Waals surface area contributed by atoms with Crippen molar-refractivity contribution in [2.24, 2.45) is 0 Å². The van der Waals surface area contributed by atoms with Crippen LogP contribution in [0.3, 0.4) is 0 Å². The van der Waals surface area contributed by atoms with Gasteiger partial charge in [-0.2, -0.15) is 4.39 Å². The fraction of sp³-hybridized carbons (Fsp3) is 0.143. The van der Waals surface area contributed by atoms with E-state index in [4.69, 9.17) is 0 Å². The lowest BCUT2D eigenvalue weighted by Gasteiger charge is -2.09. The number of nitrogens with zero attached hydrogens (tertiary/aromatic N) is 1. The van der Waals surface area contributed by atoms with Gasteiger partial charge in [0.15, 0.2) is 0 Å². The Bertz CT molecular complexity index is 898. The first-order chi connectivity index (χ1) is 10.6. The van der Waals surface area contributed by atoms with Crippen LogP contribution in [-0.2, 0) is 10.0 Å². The van der Waals surface area contributed by atoms with Crippen molar-refractivity contribution in [2.75, 3.05) is 6.26 Å². The minimum atomic E-state index is -3.91. The summed E-state index contributed by atoms with van der Waals surface area (Å²) in [5.41, 5.74) is -0.728. The predicted molar refractivity (Wildman–Crippen MR) is 76.6 cm³/mol. The van der Waals surface area contributed by atoms with Gasteiger partial charge in [-0.25, -0.2) is 26.9 Å². The van der Waals surface area contributed by atoms with Gasteiger partial charge in [0.2, 0.25) is 16.0 Å². The monoisotopic (exact) mass is 344 g/mol. The summed E-state index contributed by atoms with van der Waals surface area (Å²) in [7, 11) is -3.91. The van der Waals surface area contributed by atoms with Crippen molar-refractivity contribution >= 4 is 15.9 Å². The summed E-state index contributed by atoms with van der Waals surface area (Å²) in [5, 5.41) is 0. The van der Waals surface area contributed by atoms with E-state index in [0.717, 1.165) is 12.3 Å². The van der Waals surface area contributed by atoms with Crippen LogP contribution in [-0.4, -0.2) is 25.6 Å². The molecule has 122 valence electrons. The van der Waals surface area contributed by atoms with E-state index in [1.807, 2.05) is 0 Å². The summed E-state index contributed by atoms with van der Waals surface area (Å²) in [6.45, 7) is 1.41. The molecule has 0 radical (unpaired) electrons. The van der Waals surface area contributed by atoms with Crippen molar-refractivity contribution in [3.8, 4) is 11.1 Å². The molecular weight excluding hydrogens is 333 g/mol. The number of amides is 1. The molecule has 1 aromatic carbocycles. The van der Waals surface area contributed by atoms with Gasteiger partial charge in [-0.15, -0.1) is 0 Å². The van der Waals surface area contributed by atoms with Gasteiger partial charge in [-0.05, 0) is 25.1 Å². The van der Waals surface area contributed by atoms with Gasteiger partial charge in [-0.3, -0.25) is 4.79 Å². The third-order valence-corrected chi connectivity index (χ3v) is 3.46. The quantitative estimate of drug-likeness (QED) is 0.866. The van der Waals surface area contributed by atoms with Crippen molar-refractivity contribution in [2.45, 2.75) is 6.92 Å². The molecule has 0 aliphatic heterocycles. The van der Waals surface area contributed by atoms with Crippen molar-refractivity contribution < 1.29 is 26.4 Å². The molecule has 2 aromatic rings. The van der Waals surface area contributed by atoms with E-state index < -0.39 is 39.1 Å². The SMILES string of the molecule is Cc1cc(-c2cc(F)c(C(=O)NS(C)(=O)=O)cc2F)cnc1F. The molecule has 1 amide bonds. The molecule has 0 atom stereocenters. The number of carbonyl (C=O) groups is 1. The zero-order valence-corrected chi connectivity index (χ0v) is 12.8. The van der Waals surface area contributed by atoms with E-state index in [1.54, 1.807) is 4.72 Å². The maximum absolute atomic E-state index is 14.1. The summed E-state index contributed by atoms with van der Waals surface area (Å²) < 4.78 is 64.8. The van der Waals surface area contributed by atoms with Gasteiger partial charge in [0, 0.05) is 22.9 Å². The van der Waals surface area contributed by atoms with Crippen LogP contribution in [0, 0.1) is 24.5 Å². The number of rotatable bonds is 3. The molecule has 1 heterocycles. The van der Waals surface area contributed by atoms with Crippen molar-refractivity contribution in [1.29, 1.82) is 0 Å². The Morgan fingerprint density at radius 2 is 1.78 bits per heavy atom. The third kappa shape index (κ3) is 3.86. The normalized spacial score (nSPS) is 11.3. The Hall–Kier alpha value is -2.42. The number of aryl methyl sites for hydroxylation is 1. The molecule has 23 heavy (non-hydrogen) atoms. The van der Waals surface area contributed by atoms with Crippen LogP contribution in [0.4, 0.5) is 13.2 Å². The molecule has 9 heteroatoms. The zero-order chi connectivity index (χ0) is 17.4. The minimum Gasteiger partial charge on any atom is -0.268 e. The lowest BCUT2D eigenvalue weighted by atomic mass is 10.0. The highest BCUT2D eigenvalue weighted by Crippen LogP contribution is 2.26. The molecule has 0 fully saturated rings. The standard InChI is InChI=1S/C14H11F3N2O3S/c1-7-3-8(6-18-13(7)17)9-4-12(16)10(5-11(9)15)14(20)19-23(2,21)22/h3-6H,1-2H3,(H,19,20). The molecule has 0 aliphatic carbocycles. The summed E-state index contributed by atoms with van der Waals surface area (Å²) in [6.07, 6.45) is 1.73. The van der Waals surface area contributed by atoms with E-state index in [0.29, 0.717) is 12.3 Å². The summed E-state index contributed by atoms with van der Waals surface area (Å²) >= 11 is 0. The van der Waals surface area contributed by atoms with Crippen molar-refractivity contribution in [3.63, 3.8) is 0 Å². The number of hydrogen-bond donors (Lipinski definition) is 1. The fourth-order valence-corrected chi connectivity index (χ4v) is 2.32. The molecular formula is C14H11F3N2O3S. The number of benzene rings is 1. The second-order valence-corrected chi connectivity index (χ2v) is 6.60. The van der Waals surface area contributed by atoms with Crippen molar-refractivity contribution in [1.82, 2.24) is 9.71 Å². The highest BCUT2D eigenvalue weighted by molar-refractivity contribution is 7.89. The Morgan fingerprint density at radius 3 is 2.35 bits per heavy atom. The lowest BCUT2D eigenvalue weighted by molar-refractivity contribution is 0.0977. The van der Waals surface area contributed by atoms with Crippen LogP contribution in [0.2, 0.25) is 0 Å². The van der Waals surface area contributed by atoms with Crippen molar-refractivity contribution in [3.05, 3.63) is 53.1 Å². The summed E-state index contributed by atoms with van der Waals surface area (Å²) in [5.74, 6) is -4.12. The zero-order valence-electron chi connectivity index (χ0n) is 12.0. The predicted octanol–water partition coefficient (Wildman–Crippen LogP) is 2.16. The van der Waals surface area contributed by atoms with Gasteiger partial charge in [0.25, 0.3) is 5.91 Å². The molecule has 0 aliphatic rings. The highest BCUT2D eigenvalue weighted by Gasteiger charge is 2.19. The second-order valence-electron chi connectivity index (χ2n) is 4.85. The lowest BCUT2D eigenvalue weighted by Crippen LogP contribution is -2.30. The number of hydrogen-bond acceptors (Lipinski definition) is 4. The number of aromatic nitrogens is 1. The molecule has 1 N–H and O–H groups in total. The molecule has 2 rings (SSSR count). The first-order valence-corrected chi connectivity index (χ1v) is 8.11. The van der Waals surface area contributed by atoms with Gasteiger partial charge < -0.3 is 0 Å². The van der Waals surface area contributed by atoms with Crippen LogP contribution in [0.1, 0.15) is 15.9 Å². The average molecular weight is 344 g/mol. The largest absolute Gasteiger partial charge is 0.268 e. The van der Waals surface area contributed by atoms with Crippen LogP contribution in [0.15, 0.2) is 24.4 Å². The number of halogens is 3. The van der Waals surface area contributed by atoms with E-state index in [9.17, 15) is 26.4 Å². The minimum absolute atomic E-state index is 0.121. The molecule has 5 nitrogen and oxygen atoms in total. The second kappa shape index (κ2) is 5.99. The maximum atomic E-state index is 14.1. The average Bonchev–Trinajstić information content (AvgIpc) is 2.42. The third-order valence-electron chi connectivity index (χ3n) is 2.90. The molecule has 0 bridgehead atoms. The molecule has 0 unspecified atom stereocenters. The first kappa shape index (κ1) is 16.9. The Kier molecular flexibility index (Phi) is 4.42. The number of sulfonamides is 1. The van der Waals surface area contributed by atoms with Crippen LogP contribution >= 0.6 is 0 Å². The Balaban J connectivity index is 2.48. The fourth-order valence-electron chi connectivity index (χ4n) is 1.87. The Morgan fingerprint density at radius 1 is 1.13 bits per heavy atom. The van der Waals surface area contributed by atoms with Gasteiger partial charge in [-0.1, -0.05) is 0 Å². The molecule has 1 aromatic heterocycles. The van der Waals surface area contributed by atoms with Crippen LogP contribution in [0.25, 0.3) is 11.1 Å². The number of pyridine rings is 1. The first-order valence-electron chi connectivity index (χ1n) is 6.22. The van der Waals surface area contributed by atoms with Gasteiger partial charge >= 0.3 is 0 Å². The molecule has 0 saturated heterocycles.